The smallest absolute Gasteiger partial charge is 0.282 e. The third-order valence-corrected chi connectivity index (χ3v) is 18.0. The van der Waals surface area contributed by atoms with E-state index in [4.69, 9.17) is 18.2 Å². The summed E-state index contributed by atoms with van der Waals surface area (Å²) in [5, 5.41) is 0. The molecule has 0 amide bonds. The predicted octanol–water partition coefficient (Wildman–Crippen LogP) is 18.5. The first kappa shape index (κ1) is 78.2. The van der Waals surface area contributed by atoms with Crippen LogP contribution in [0.4, 0.5) is 0 Å². The van der Waals surface area contributed by atoms with Crippen molar-refractivity contribution in [2.75, 3.05) is 0 Å². The van der Waals surface area contributed by atoms with Gasteiger partial charge in [-0.25, -0.2) is 0 Å². The molecule has 0 atom stereocenters. The van der Waals surface area contributed by atoms with Crippen LogP contribution in [0.15, 0.2) is 117 Å². The molecule has 0 aliphatic rings. The molecule has 0 bridgehead atoms. The summed E-state index contributed by atoms with van der Waals surface area (Å²) in [7, 11) is -16.4. The van der Waals surface area contributed by atoms with E-state index in [1.165, 1.54) is 178 Å². The number of rotatable bonds is 40. The van der Waals surface area contributed by atoms with Crippen molar-refractivity contribution in [2.24, 2.45) is 0 Å². The molecule has 17 heteroatoms. The van der Waals surface area contributed by atoms with Gasteiger partial charge in [-0.1, -0.05) is 280 Å². The van der Waals surface area contributed by atoms with Gasteiger partial charge in [0.05, 0.1) is 19.6 Å². The molecule has 460 valence electrons. The second kappa shape index (κ2) is 47.5. The Bertz CT molecular complexity index is 2290. The Kier molecular flexibility index (Phi) is 45.9. The number of aryl methyl sites for hydroxylation is 4. The zero-order valence-corrected chi connectivity index (χ0v) is 54.7. The quantitative estimate of drug-likeness (QED) is 0.0186. The minimum Gasteiger partial charge on any atom is -0.282 e. The van der Waals surface area contributed by atoms with Gasteiger partial charge in [0.2, 0.25) is 0 Å². The van der Waals surface area contributed by atoms with Crippen LogP contribution in [-0.4, -0.2) is 51.9 Å². The maximum atomic E-state index is 11.2. The number of benzene rings is 4. The Morgan fingerprint density at radius 3 is 0.519 bits per heavy atom. The van der Waals surface area contributed by atoms with E-state index >= 15 is 0 Å². The third kappa shape index (κ3) is 39.5. The van der Waals surface area contributed by atoms with Crippen LogP contribution >= 0.6 is 0 Å². The van der Waals surface area contributed by atoms with Crippen LogP contribution in [0.1, 0.15) is 255 Å². The van der Waals surface area contributed by atoms with Gasteiger partial charge in [0.15, 0.2) is 0 Å². The molecule has 4 aromatic carbocycles. The molecule has 0 aromatic heterocycles. The summed E-state index contributed by atoms with van der Waals surface area (Å²) >= 11 is 0. The van der Waals surface area contributed by atoms with Gasteiger partial charge in [-0.2, -0.15) is 33.7 Å². The van der Waals surface area contributed by atoms with Crippen molar-refractivity contribution >= 4 is 40.5 Å². The second-order valence-electron chi connectivity index (χ2n) is 21.2. The Morgan fingerprint density at radius 1 is 0.235 bits per heavy atom. The van der Waals surface area contributed by atoms with Gasteiger partial charge in [0, 0.05) is 21.7 Å². The van der Waals surface area contributed by atoms with Crippen molar-refractivity contribution in [3.05, 3.63) is 119 Å². The van der Waals surface area contributed by atoms with Gasteiger partial charge in [-0.3, -0.25) is 18.2 Å². The molecule has 0 aliphatic carbocycles. The average Bonchev–Trinajstić information content (AvgIpc) is 3.41. The van der Waals surface area contributed by atoms with Gasteiger partial charge < -0.3 is 0 Å². The largest absolute Gasteiger partial charge is 0.294 e. The monoisotopic (exact) mass is 1240 g/mol. The van der Waals surface area contributed by atoms with Crippen LogP contribution < -0.4 is 0 Å². The van der Waals surface area contributed by atoms with Crippen molar-refractivity contribution in [1.82, 2.24) is 0 Å². The molecule has 0 unspecified atom stereocenters. The SMILES string of the molecule is CCCCCCCCCCc1ccccc1S(=O)(=O)O.CCCCCCCCCCc1ccccc1S(=O)(=O)O.CCCCCCCCCCc1ccccc1S(=O)(=O)O.CCCCCCCCCCc1ccccc1S(=O)(=O)O.[Ti]. The Labute approximate surface area is 508 Å². The molecule has 12 nitrogen and oxygen atoms in total. The van der Waals surface area contributed by atoms with Crippen molar-refractivity contribution in [3.8, 4) is 0 Å². The molecule has 0 spiro atoms. The van der Waals surface area contributed by atoms with Crippen LogP contribution in [0.2, 0.25) is 0 Å². The normalized spacial score (nSPS) is 11.6. The van der Waals surface area contributed by atoms with Crippen LogP contribution in [0.3, 0.4) is 0 Å². The number of hydrogen-bond acceptors (Lipinski definition) is 8. The van der Waals surface area contributed by atoms with Crippen LogP contribution in [0, 0.1) is 0 Å². The zero-order chi connectivity index (χ0) is 59.4. The van der Waals surface area contributed by atoms with Gasteiger partial charge in [0.25, 0.3) is 40.5 Å². The Balaban J connectivity index is 0.00000105. The first-order chi connectivity index (χ1) is 38.2. The molecule has 0 saturated carbocycles. The molecule has 0 fully saturated rings. The number of unbranched alkanes of at least 4 members (excludes halogenated alkanes) is 28. The summed E-state index contributed by atoms with van der Waals surface area (Å²) < 4.78 is 127. The minimum atomic E-state index is -4.09. The molecule has 4 aromatic rings. The molecular weight excluding hydrogens is 1140 g/mol. The topological polar surface area (TPSA) is 217 Å². The zero-order valence-electron chi connectivity index (χ0n) is 49.9. The van der Waals surface area contributed by atoms with Gasteiger partial charge in [-0.05, 0) is 97.9 Å². The summed E-state index contributed by atoms with van der Waals surface area (Å²) in [5.74, 6) is 0. The van der Waals surface area contributed by atoms with E-state index in [-0.39, 0.29) is 41.3 Å². The predicted molar refractivity (Wildman–Crippen MR) is 330 cm³/mol. The maximum Gasteiger partial charge on any atom is 0.294 e. The summed E-state index contributed by atoms with van der Waals surface area (Å²) in [6, 6.07) is 26.8. The molecule has 0 aliphatic heterocycles. The molecule has 4 N–H and O–H groups in total. The van der Waals surface area contributed by atoms with Crippen LogP contribution in [0.5, 0.6) is 0 Å². The summed E-state index contributed by atoms with van der Waals surface area (Å²) in [4.78, 5) is 0.233. The van der Waals surface area contributed by atoms with Gasteiger partial charge in [-0.15, -0.1) is 0 Å². The number of hydrogen-bond donors (Lipinski definition) is 4. The Hall–Kier alpha value is -2.77. The first-order valence-corrected chi connectivity index (χ1v) is 36.2. The minimum absolute atomic E-state index is 0. The van der Waals surface area contributed by atoms with E-state index in [0.29, 0.717) is 25.7 Å². The Morgan fingerprint density at radius 2 is 0.370 bits per heavy atom. The second-order valence-corrected chi connectivity index (χ2v) is 26.8. The average molecular weight is 1240 g/mol. The molecule has 0 saturated heterocycles. The van der Waals surface area contributed by atoms with E-state index in [1.54, 1.807) is 48.5 Å². The molecule has 0 radical (unpaired) electrons. The molecule has 81 heavy (non-hydrogen) atoms. The maximum absolute atomic E-state index is 11.2. The summed E-state index contributed by atoms with van der Waals surface area (Å²) in [5.41, 5.74) is 2.89. The van der Waals surface area contributed by atoms with Crippen LogP contribution in [-0.2, 0) is 87.9 Å². The van der Waals surface area contributed by atoms with Gasteiger partial charge in [0.1, 0.15) is 0 Å². The van der Waals surface area contributed by atoms with Gasteiger partial charge >= 0.3 is 0 Å². The van der Waals surface area contributed by atoms with E-state index in [1.807, 2.05) is 24.3 Å². The fraction of sp³-hybridized carbons (Fsp3) is 0.625. The van der Waals surface area contributed by atoms with Crippen molar-refractivity contribution in [2.45, 2.75) is 278 Å². The van der Waals surface area contributed by atoms with E-state index in [2.05, 4.69) is 27.7 Å². The van der Waals surface area contributed by atoms with Crippen molar-refractivity contribution < 1.29 is 73.6 Å². The van der Waals surface area contributed by atoms with E-state index in [9.17, 15) is 33.7 Å². The third-order valence-electron chi connectivity index (χ3n) is 14.2. The first-order valence-electron chi connectivity index (χ1n) is 30.4. The summed E-state index contributed by atoms with van der Waals surface area (Å²) in [6.45, 7) is 8.86. The summed E-state index contributed by atoms with van der Waals surface area (Å²) in [6.07, 6.45) is 41.9. The standard InChI is InChI=1S/4C16H26O3S.Ti/c4*1-2-3-4-5-6-7-8-9-12-15-13-10-11-14-16(15)20(17,18)19;/h4*10-11,13-14H,2-9,12H2,1H3,(H,17,18,19);. The van der Waals surface area contributed by atoms with E-state index < -0.39 is 40.5 Å². The molecular formula is C64H104O12S4Ti. The van der Waals surface area contributed by atoms with Crippen molar-refractivity contribution in [1.29, 1.82) is 0 Å². The fourth-order valence-corrected chi connectivity index (χ4v) is 12.7. The van der Waals surface area contributed by atoms with Crippen molar-refractivity contribution in [3.63, 3.8) is 0 Å². The molecule has 0 heterocycles. The fourth-order valence-electron chi connectivity index (χ4n) is 9.65. The molecule has 4 rings (SSSR count). The van der Waals surface area contributed by atoms with Crippen LogP contribution in [0.25, 0.3) is 0 Å². The van der Waals surface area contributed by atoms with E-state index in [0.717, 1.165) is 73.6 Å².